The summed E-state index contributed by atoms with van der Waals surface area (Å²) in [5.41, 5.74) is 5.66. The maximum atomic E-state index is 11.7. The average Bonchev–Trinajstić information content (AvgIpc) is 2.62. The minimum Gasteiger partial charge on any atom is -0.480 e. The van der Waals surface area contributed by atoms with Gasteiger partial charge in [-0.3, -0.25) is 9.59 Å². The molecule has 6 nitrogen and oxygen atoms in total. The van der Waals surface area contributed by atoms with Gasteiger partial charge in [-0.15, -0.1) is 11.3 Å². The van der Waals surface area contributed by atoms with Crippen molar-refractivity contribution in [2.45, 2.75) is 19.4 Å². The zero-order chi connectivity index (χ0) is 13.0. The van der Waals surface area contributed by atoms with E-state index >= 15 is 0 Å². The molecule has 0 spiro atoms. The summed E-state index contributed by atoms with van der Waals surface area (Å²) in [6.45, 7) is 1.75. The van der Waals surface area contributed by atoms with E-state index in [1.165, 1.54) is 11.3 Å². The van der Waals surface area contributed by atoms with E-state index in [1.807, 2.05) is 0 Å². The van der Waals surface area contributed by atoms with Crippen LogP contribution < -0.4 is 11.1 Å². The van der Waals surface area contributed by atoms with Gasteiger partial charge in [-0.05, 0) is 23.9 Å². The van der Waals surface area contributed by atoms with Crippen LogP contribution in [-0.2, 0) is 9.59 Å². The Morgan fingerprint density at radius 1 is 1.53 bits per heavy atom. The third-order valence-electron chi connectivity index (χ3n) is 2.08. The van der Waals surface area contributed by atoms with Crippen LogP contribution in [0, 0.1) is 6.92 Å². The van der Waals surface area contributed by atoms with Crippen molar-refractivity contribution in [1.82, 2.24) is 5.32 Å². The predicted molar refractivity (Wildman–Crippen MR) is 61.8 cm³/mol. The van der Waals surface area contributed by atoms with Crippen molar-refractivity contribution in [2.75, 3.05) is 0 Å². The molecule has 17 heavy (non-hydrogen) atoms. The van der Waals surface area contributed by atoms with Gasteiger partial charge in [-0.1, -0.05) is 0 Å². The van der Waals surface area contributed by atoms with Gasteiger partial charge in [0.15, 0.2) is 0 Å². The third kappa shape index (κ3) is 3.56. The molecule has 2 amide bonds. The number of amides is 2. The van der Waals surface area contributed by atoms with E-state index in [9.17, 15) is 14.4 Å². The van der Waals surface area contributed by atoms with Crippen LogP contribution in [0.25, 0.3) is 0 Å². The number of carboxylic acids is 1. The van der Waals surface area contributed by atoms with E-state index in [1.54, 1.807) is 18.4 Å². The molecule has 1 atom stereocenters. The fraction of sp³-hybridized carbons (Fsp3) is 0.300. The van der Waals surface area contributed by atoms with E-state index in [0.717, 1.165) is 5.56 Å². The van der Waals surface area contributed by atoms with Crippen molar-refractivity contribution in [3.63, 3.8) is 0 Å². The molecule has 4 N–H and O–H groups in total. The molecular weight excluding hydrogens is 244 g/mol. The number of carboxylic acid groups (broad SMARTS) is 1. The highest BCUT2D eigenvalue weighted by Crippen LogP contribution is 2.15. The number of aryl methyl sites for hydroxylation is 1. The molecule has 0 aliphatic rings. The summed E-state index contributed by atoms with van der Waals surface area (Å²) in [5.74, 6) is -2.57. The first kappa shape index (κ1) is 13.2. The molecule has 0 aliphatic carbocycles. The van der Waals surface area contributed by atoms with Gasteiger partial charge in [0.2, 0.25) is 5.91 Å². The first-order valence-corrected chi connectivity index (χ1v) is 5.66. The molecule has 1 aromatic rings. The maximum absolute atomic E-state index is 11.7. The fourth-order valence-corrected chi connectivity index (χ4v) is 2.06. The van der Waals surface area contributed by atoms with Gasteiger partial charge in [-0.2, -0.15) is 0 Å². The Balaban J connectivity index is 2.74. The lowest BCUT2D eigenvalue weighted by atomic mass is 10.2. The second-order valence-corrected chi connectivity index (χ2v) is 4.38. The first-order valence-electron chi connectivity index (χ1n) is 4.78. The standard InChI is InChI=1S/C10H12N2O4S/c1-5-2-3-17-8(5)9(14)12-6(10(15)16)4-7(11)13/h2-3,6H,4H2,1H3,(H2,11,13)(H,12,14)(H,15,16)/t6-/m0/s1. The van der Waals surface area contributed by atoms with Gasteiger partial charge in [0.1, 0.15) is 6.04 Å². The van der Waals surface area contributed by atoms with Crippen LogP contribution in [-0.4, -0.2) is 28.9 Å². The van der Waals surface area contributed by atoms with E-state index in [4.69, 9.17) is 10.8 Å². The molecule has 0 bridgehead atoms. The summed E-state index contributed by atoms with van der Waals surface area (Å²) in [4.78, 5) is 33.6. The molecule has 0 radical (unpaired) electrons. The molecule has 1 aromatic heterocycles. The summed E-state index contributed by atoms with van der Waals surface area (Å²) in [7, 11) is 0. The van der Waals surface area contributed by atoms with Crippen LogP contribution in [0.3, 0.4) is 0 Å². The van der Waals surface area contributed by atoms with Crippen molar-refractivity contribution in [2.24, 2.45) is 5.73 Å². The lowest BCUT2D eigenvalue weighted by Gasteiger charge is -2.12. The maximum Gasteiger partial charge on any atom is 0.326 e. The predicted octanol–water partition coefficient (Wildman–Crippen LogP) is 0.115. The summed E-state index contributed by atoms with van der Waals surface area (Å²) >= 11 is 1.21. The summed E-state index contributed by atoms with van der Waals surface area (Å²) in [6.07, 6.45) is -0.425. The van der Waals surface area contributed by atoms with Crippen LogP contribution in [0.15, 0.2) is 11.4 Å². The van der Waals surface area contributed by atoms with Gasteiger partial charge < -0.3 is 16.2 Å². The van der Waals surface area contributed by atoms with Crippen molar-refractivity contribution < 1.29 is 19.5 Å². The molecule has 0 aliphatic heterocycles. The van der Waals surface area contributed by atoms with Gasteiger partial charge in [0, 0.05) is 0 Å². The van der Waals surface area contributed by atoms with Crippen molar-refractivity contribution >= 4 is 29.1 Å². The van der Waals surface area contributed by atoms with Crippen molar-refractivity contribution in [1.29, 1.82) is 0 Å². The minimum atomic E-state index is -1.29. The molecule has 1 heterocycles. The summed E-state index contributed by atoms with van der Waals surface area (Å²) in [6, 6.07) is 0.463. The number of carbonyl (C=O) groups is 3. The summed E-state index contributed by atoms with van der Waals surface area (Å²) in [5, 5.41) is 12.8. The fourth-order valence-electron chi connectivity index (χ4n) is 1.23. The van der Waals surface area contributed by atoms with Crippen LogP contribution in [0.1, 0.15) is 21.7 Å². The molecule has 0 fully saturated rings. The Bertz CT molecular complexity index is 455. The Morgan fingerprint density at radius 2 is 2.18 bits per heavy atom. The number of primary amides is 1. The monoisotopic (exact) mass is 256 g/mol. The van der Waals surface area contributed by atoms with E-state index in [0.29, 0.717) is 4.88 Å². The molecule has 7 heteroatoms. The normalized spacial score (nSPS) is 11.8. The Morgan fingerprint density at radius 3 is 2.59 bits per heavy atom. The topological polar surface area (TPSA) is 109 Å². The second-order valence-electron chi connectivity index (χ2n) is 3.47. The lowest BCUT2D eigenvalue weighted by molar-refractivity contribution is -0.140. The van der Waals surface area contributed by atoms with E-state index < -0.39 is 30.2 Å². The van der Waals surface area contributed by atoms with Gasteiger partial charge in [-0.25, -0.2) is 4.79 Å². The highest BCUT2D eigenvalue weighted by Gasteiger charge is 2.23. The van der Waals surface area contributed by atoms with Gasteiger partial charge in [0.25, 0.3) is 5.91 Å². The third-order valence-corrected chi connectivity index (χ3v) is 3.09. The number of hydrogen-bond acceptors (Lipinski definition) is 4. The van der Waals surface area contributed by atoms with Crippen molar-refractivity contribution in [3.05, 3.63) is 21.9 Å². The Labute approximate surface area is 101 Å². The van der Waals surface area contributed by atoms with Crippen molar-refractivity contribution in [3.8, 4) is 0 Å². The van der Waals surface area contributed by atoms with Crippen LogP contribution >= 0.6 is 11.3 Å². The number of carbonyl (C=O) groups excluding carboxylic acids is 2. The van der Waals surface area contributed by atoms with Crippen LogP contribution in [0.5, 0.6) is 0 Å². The van der Waals surface area contributed by atoms with Gasteiger partial charge in [0.05, 0.1) is 11.3 Å². The number of nitrogens with two attached hydrogens (primary N) is 1. The van der Waals surface area contributed by atoms with Crippen LogP contribution in [0.4, 0.5) is 0 Å². The highest BCUT2D eigenvalue weighted by atomic mass is 32.1. The molecule has 0 saturated heterocycles. The number of nitrogens with one attached hydrogen (secondary N) is 1. The number of hydrogen-bond donors (Lipinski definition) is 3. The van der Waals surface area contributed by atoms with E-state index in [-0.39, 0.29) is 0 Å². The number of aliphatic carboxylic acids is 1. The molecular formula is C10H12N2O4S. The average molecular weight is 256 g/mol. The molecule has 0 saturated carbocycles. The minimum absolute atomic E-state index is 0.425. The molecule has 92 valence electrons. The number of thiophene rings is 1. The second kappa shape index (κ2) is 5.44. The summed E-state index contributed by atoms with van der Waals surface area (Å²) < 4.78 is 0. The van der Waals surface area contributed by atoms with E-state index in [2.05, 4.69) is 5.32 Å². The highest BCUT2D eigenvalue weighted by molar-refractivity contribution is 7.12. The lowest BCUT2D eigenvalue weighted by Crippen LogP contribution is -2.43. The smallest absolute Gasteiger partial charge is 0.326 e. The zero-order valence-corrected chi connectivity index (χ0v) is 9.91. The molecule has 1 rings (SSSR count). The number of rotatable bonds is 5. The SMILES string of the molecule is Cc1ccsc1C(=O)N[C@@H](CC(N)=O)C(=O)O. The molecule has 0 aromatic carbocycles. The van der Waals surface area contributed by atoms with Crippen LogP contribution in [0.2, 0.25) is 0 Å². The first-order chi connectivity index (χ1) is 7.91. The Kier molecular flexibility index (Phi) is 4.22. The quantitative estimate of drug-likeness (QED) is 0.694. The largest absolute Gasteiger partial charge is 0.480 e. The zero-order valence-electron chi connectivity index (χ0n) is 9.10. The molecule has 0 unspecified atom stereocenters. The Hall–Kier alpha value is -1.89. The van der Waals surface area contributed by atoms with Gasteiger partial charge >= 0.3 is 5.97 Å².